The molecule has 90 valence electrons. The van der Waals surface area contributed by atoms with Gasteiger partial charge in [-0.2, -0.15) is 10.2 Å². The van der Waals surface area contributed by atoms with Gasteiger partial charge in [-0.1, -0.05) is 0 Å². The quantitative estimate of drug-likeness (QED) is 0.731. The van der Waals surface area contributed by atoms with Crippen LogP contribution < -0.4 is 10.6 Å². The van der Waals surface area contributed by atoms with Crippen LogP contribution in [0.2, 0.25) is 0 Å². The number of H-pyrrole nitrogens is 1. The summed E-state index contributed by atoms with van der Waals surface area (Å²) in [6, 6.07) is 1.57. The predicted molar refractivity (Wildman–Crippen MR) is 62.4 cm³/mol. The molecule has 3 N–H and O–H groups in total. The molecule has 7 nitrogen and oxygen atoms in total. The summed E-state index contributed by atoms with van der Waals surface area (Å²) < 4.78 is 1.77. The van der Waals surface area contributed by atoms with E-state index in [4.69, 9.17) is 0 Å². The molecule has 2 heterocycles. The zero-order chi connectivity index (χ0) is 12.1. The highest BCUT2D eigenvalue weighted by Gasteiger charge is 2.08. The number of anilines is 1. The first-order valence-corrected chi connectivity index (χ1v) is 5.28. The number of nitrogens with one attached hydrogen (secondary N) is 3. The second-order valence-electron chi connectivity index (χ2n) is 3.71. The van der Waals surface area contributed by atoms with Gasteiger partial charge >= 0.3 is 6.03 Å². The molecule has 2 amide bonds. The van der Waals surface area contributed by atoms with Gasteiger partial charge in [0.05, 0.1) is 18.4 Å². The van der Waals surface area contributed by atoms with Gasteiger partial charge in [0.1, 0.15) is 0 Å². The maximum Gasteiger partial charge on any atom is 0.319 e. The molecule has 0 aliphatic carbocycles. The minimum atomic E-state index is -0.258. The average Bonchev–Trinajstić information content (AvgIpc) is 2.90. The van der Waals surface area contributed by atoms with Crippen molar-refractivity contribution >= 4 is 11.7 Å². The van der Waals surface area contributed by atoms with Gasteiger partial charge in [0.25, 0.3) is 0 Å². The van der Waals surface area contributed by atoms with E-state index >= 15 is 0 Å². The first-order valence-electron chi connectivity index (χ1n) is 5.28. The molecule has 0 aromatic carbocycles. The van der Waals surface area contributed by atoms with E-state index in [2.05, 4.69) is 25.9 Å². The van der Waals surface area contributed by atoms with Crippen molar-refractivity contribution in [3.8, 4) is 0 Å². The first kappa shape index (κ1) is 11.2. The van der Waals surface area contributed by atoms with Gasteiger partial charge in [-0.05, 0) is 13.0 Å². The van der Waals surface area contributed by atoms with Gasteiger partial charge < -0.3 is 10.6 Å². The summed E-state index contributed by atoms with van der Waals surface area (Å²) in [6.45, 7) is 2.54. The molecule has 0 spiro atoms. The van der Waals surface area contributed by atoms with Crippen molar-refractivity contribution in [1.29, 1.82) is 0 Å². The summed E-state index contributed by atoms with van der Waals surface area (Å²) >= 11 is 0. The zero-order valence-electron chi connectivity index (χ0n) is 9.42. The van der Waals surface area contributed by atoms with E-state index in [0.29, 0.717) is 12.2 Å². The largest absolute Gasteiger partial charge is 0.334 e. The van der Waals surface area contributed by atoms with Crippen LogP contribution in [0.4, 0.5) is 10.5 Å². The molecule has 1 atom stereocenters. The van der Waals surface area contributed by atoms with Crippen molar-refractivity contribution in [2.75, 3.05) is 5.32 Å². The number of carbonyl (C=O) groups excluding carboxylic acids is 1. The van der Waals surface area contributed by atoms with E-state index in [0.717, 1.165) is 0 Å². The molecular weight excluding hydrogens is 220 g/mol. The van der Waals surface area contributed by atoms with Gasteiger partial charge in [0.15, 0.2) is 0 Å². The maximum absolute atomic E-state index is 11.6. The van der Waals surface area contributed by atoms with Crippen LogP contribution in [-0.4, -0.2) is 32.1 Å². The molecule has 0 radical (unpaired) electrons. The smallest absolute Gasteiger partial charge is 0.319 e. The fourth-order valence-corrected chi connectivity index (χ4v) is 1.44. The summed E-state index contributed by atoms with van der Waals surface area (Å²) in [5.74, 6) is 0. The minimum absolute atomic E-state index is 0.0122. The van der Waals surface area contributed by atoms with Gasteiger partial charge in [-0.3, -0.25) is 9.78 Å². The highest BCUT2D eigenvalue weighted by Crippen LogP contribution is 2.00. The molecule has 0 bridgehead atoms. The van der Waals surface area contributed by atoms with Crippen LogP contribution in [0.1, 0.15) is 6.92 Å². The van der Waals surface area contributed by atoms with E-state index in [9.17, 15) is 4.79 Å². The van der Waals surface area contributed by atoms with Gasteiger partial charge in [-0.25, -0.2) is 4.79 Å². The molecule has 0 fully saturated rings. The first-order chi connectivity index (χ1) is 8.24. The van der Waals surface area contributed by atoms with Crippen LogP contribution in [0.25, 0.3) is 0 Å². The molecule has 0 aliphatic rings. The van der Waals surface area contributed by atoms with Crippen LogP contribution >= 0.6 is 0 Å². The summed E-state index contributed by atoms with van der Waals surface area (Å²) in [4.78, 5) is 11.6. The highest BCUT2D eigenvalue weighted by molar-refractivity contribution is 5.88. The van der Waals surface area contributed by atoms with Gasteiger partial charge in [0, 0.05) is 24.6 Å². The van der Waals surface area contributed by atoms with E-state index in [1.54, 1.807) is 17.1 Å². The molecule has 2 rings (SSSR count). The molecular formula is C10H14N6O. The number of carbonyl (C=O) groups is 1. The third-order valence-corrected chi connectivity index (χ3v) is 2.15. The Morgan fingerprint density at radius 1 is 1.65 bits per heavy atom. The van der Waals surface area contributed by atoms with E-state index in [1.165, 1.54) is 6.20 Å². The number of hydrogen-bond acceptors (Lipinski definition) is 3. The standard InChI is InChI=1S/C10H14N6O/c1-8(7-16-4-2-3-13-16)14-10(17)15-9-5-11-12-6-9/h2-6,8H,7H2,1H3,(H,11,12)(H2,14,15,17)/t8-/m1/s1. The second-order valence-corrected chi connectivity index (χ2v) is 3.71. The summed E-state index contributed by atoms with van der Waals surface area (Å²) in [5.41, 5.74) is 0.633. The lowest BCUT2D eigenvalue weighted by atomic mass is 10.3. The Labute approximate surface area is 98.2 Å². The third-order valence-electron chi connectivity index (χ3n) is 2.15. The van der Waals surface area contributed by atoms with Crippen molar-refractivity contribution in [1.82, 2.24) is 25.3 Å². The number of aromatic amines is 1. The Bertz CT molecular complexity index is 449. The Hall–Kier alpha value is -2.31. The minimum Gasteiger partial charge on any atom is -0.334 e. The van der Waals surface area contributed by atoms with Gasteiger partial charge in [0.2, 0.25) is 0 Å². The van der Waals surface area contributed by atoms with Crippen molar-refractivity contribution in [3.63, 3.8) is 0 Å². The topological polar surface area (TPSA) is 87.6 Å². The number of urea groups is 1. The lowest BCUT2D eigenvalue weighted by Crippen LogP contribution is -2.38. The number of nitrogens with zero attached hydrogens (tertiary/aromatic N) is 3. The highest BCUT2D eigenvalue weighted by atomic mass is 16.2. The number of aromatic nitrogens is 4. The number of hydrogen-bond donors (Lipinski definition) is 3. The fraction of sp³-hybridized carbons (Fsp3) is 0.300. The molecule has 0 unspecified atom stereocenters. The normalized spacial score (nSPS) is 12.1. The monoisotopic (exact) mass is 234 g/mol. The summed E-state index contributed by atoms with van der Waals surface area (Å²) in [7, 11) is 0. The van der Waals surface area contributed by atoms with Crippen LogP contribution in [-0.2, 0) is 6.54 Å². The van der Waals surface area contributed by atoms with Crippen molar-refractivity contribution in [2.45, 2.75) is 19.5 Å². The SMILES string of the molecule is C[C@H](Cn1cccn1)NC(=O)Nc1cn[nH]c1. The van der Waals surface area contributed by atoms with Crippen LogP contribution in [0.3, 0.4) is 0 Å². The molecule has 2 aromatic heterocycles. The van der Waals surface area contributed by atoms with Crippen molar-refractivity contribution in [3.05, 3.63) is 30.9 Å². The van der Waals surface area contributed by atoms with E-state index in [-0.39, 0.29) is 12.1 Å². The Balaban J connectivity index is 1.78. The van der Waals surface area contributed by atoms with Gasteiger partial charge in [-0.15, -0.1) is 0 Å². The second kappa shape index (κ2) is 5.15. The average molecular weight is 234 g/mol. The van der Waals surface area contributed by atoms with Crippen LogP contribution in [0.5, 0.6) is 0 Å². The Morgan fingerprint density at radius 2 is 2.53 bits per heavy atom. The number of amides is 2. The fourth-order valence-electron chi connectivity index (χ4n) is 1.44. The maximum atomic E-state index is 11.6. The summed E-state index contributed by atoms with van der Waals surface area (Å²) in [6.07, 6.45) is 6.71. The lowest BCUT2D eigenvalue weighted by Gasteiger charge is -2.13. The Morgan fingerprint density at radius 3 is 3.18 bits per heavy atom. The van der Waals surface area contributed by atoms with E-state index in [1.807, 2.05) is 19.2 Å². The molecule has 0 saturated carbocycles. The molecule has 0 aliphatic heterocycles. The third kappa shape index (κ3) is 3.33. The molecule has 7 heteroatoms. The van der Waals surface area contributed by atoms with Crippen molar-refractivity contribution in [2.24, 2.45) is 0 Å². The molecule has 17 heavy (non-hydrogen) atoms. The summed E-state index contributed by atoms with van der Waals surface area (Å²) in [5, 5.41) is 15.9. The predicted octanol–water partition coefficient (Wildman–Crippen LogP) is 0.816. The van der Waals surface area contributed by atoms with Crippen molar-refractivity contribution < 1.29 is 4.79 Å². The molecule has 2 aromatic rings. The lowest BCUT2D eigenvalue weighted by molar-refractivity contribution is 0.247. The van der Waals surface area contributed by atoms with Crippen LogP contribution in [0.15, 0.2) is 30.9 Å². The van der Waals surface area contributed by atoms with E-state index < -0.39 is 0 Å². The number of rotatable bonds is 4. The Kier molecular flexibility index (Phi) is 3.39. The molecule has 0 saturated heterocycles. The zero-order valence-corrected chi connectivity index (χ0v) is 9.42. The van der Waals surface area contributed by atoms with Crippen LogP contribution in [0, 0.1) is 0 Å².